The largest absolute Gasteiger partial charge is 0.330 e. The molecule has 7 nitrogen and oxygen atoms in total. The van der Waals surface area contributed by atoms with E-state index in [-0.39, 0.29) is 11.5 Å². The van der Waals surface area contributed by atoms with Gasteiger partial charge in [-0.3, -0.25) is 14.2 Å². The lowest BCUT2D eigenvalue weighted by molar-refractivity contribution is 0.0656. The van der Waals surface area contributed by atoms with Crippen LogP contribution in [0.5, 0.6) is 0 Å². The van der Waals surface area contributed by atoms with E-state index >= 15 is 0 Å². The summed E-state index contributed by atoms with van der Waals surface area (Å²) in [6.07, 6.45) is 1.25. The second-order valence-corrected chi connectivity index (χ2v) is 9.50. The Labute approximate surface area is 209 Å². The molecular weight excluding hydrogens is 458 g/mol. The minimum Gasteiger partial charge on any atom is -0.330 e. The second kappa shape index (κ2) is 10.9. The Balaban J connectivity index is 1.87. The number of amides is 1. The molecule has 4 aromatic rings. The van der Waals surface area contributed by atoms with Gasteiger partial charge in [-0.2, -0.15) is 4.37 Å². The minimum absolute atomic E-state index is 0.0916. The maximum atomic E-state index is 13.7. The summed E-state index contributed by atoms with van der Waals surface area (Å²) < 4.78 is 6.63. The molecule has 0 aliphatic heterocycles. The quantitative estimate of drug-likeness (QED) is 0.375. The van der Waals surface area contributed by atoms with E-state index in [0.717, 1.165) is 16.8 Å². The fourth-order valence-electron chi connectivity index (χ4n) is 4.28. The number of carbonyl (C=O) groups excluding carboxylic acids is 1. The number of aromatic nitrogens is 3. The number of aryl methyl sites for hydroxylation is 2. The number of rotatable bonds is 9. The summed E-state index contributed by atoms with van der Waals surface area (Å²) in [7, 11) is 0. The third-order valence-corrected chi connectivity index (χ3v) is 7.10. The van der Waals surface area contributed by atoms with Crippen molar-refractivity contribution in [3.63, 3.8) is 0 Å². The summed E-state index contributed by atoms with van der Waals surface area (Å²) in [5, 5.41) is 0. The first-order valence-electron chi connectivity index (χ1n) is 11.9. The van der Waals surface area contributed by atoms with Gasteiger partial charge >= 0.3 is 0 Å². The highest BCUT2D eigenvalue weighted by atomic mass is 32.1. The minimum atomic E-state index is -0.393. The zero-order valence-corrected chi connectivity index (χ0v) is 21.2. The van der Waals surface area contributed by atoms with Gasteiger partial charge in [-0.15, -0.1) is 0 Å². The summed E-state index contributed by atoms with van der Waals surface area (Å²) in [4.78, 5) is 34.2. The van der Waals surface area contributed by atoms with Gasteiger partial charge in [-0.1, -0.05) is 55.0 Å². The second-order valence-electron chi connectivity index (χ2n) is 8.72. The fraction of sp³-hybridized carbons (Fsp3) is 0.333. The van der Waals surface area contributed by atoms with Crippen LogP contribution in [0.3, 0.4) is 0 Å². The van der Waals surface area contributed by atoms with Crippen molar-refractivity contribution in [2.24, 2.45) is 5.73 Å². The zero-order chi connectivity index (χ0) is 24.9. The van der Waals surface area contributed by atoms with Crippen molar-refractivity contribution >= 4 is 27.7 Å². The van der Waals surface area contributed by atoms with Crippen LogP contribution >= 0.6 is 11.5 Å². The van der Waals surface area contributed by atoms with Crippen LogP contribution in [0.15, 0.2) is 59.4 Å². The first kappa shape index (κ1) is 24.8. The average Bonchev–Trinajstić information content (AvgIpc) is 3.25. The molecule has 1 amide bonds. The molecule has 4 rings (SSSR count). The van der Waals surface area contributed by atoms with Gasteiger partial charge in [0.05, 0.1) is 18.3 Å². The van der Waals surface area contributed by atoms with Crippen molar-refractivity contribution in [3.05, 3.63) is 93.2 Å². The molecular formula is C27H31N5O2S. The number of fused-ring (bicyclic) bond motifs is 1. The average molecular weight is 490 g/mol. The molecule has 35 heavy (non-hydrogen) atoms. The Hall–Kier alpha value is -3.36. The Morgan fingerprint density at radius 1 is 1.11 bits per heavy atom. The molecule has 0 saturated heterocycles. The number of carbonyl (C=O) groups is 1. The van der Waals surface area contributed by atoms with Crippen LogP contribution in [0.2, 0.25) is 0 Å². The maximum Gasteiger partial charge on any atom is 0.273 e. The highest BCUT2D eigenvalue weighted by molar-refractivity contribution is 7.13. The molecule has 182 valence electrons. The van der Waals surface area contributed by atoms with Gasteiger partial charge in [0, 0.05) is 12.1 Å². The molecule has 1 atom stereocenters. The van der Waals surface area contributed by atoms with Crippen molar-refractivity contribution in [3.8, 4) is 0 Å². The van der Waals surface area contributed by atoms with E-state index in [1.165, 1.54) is 11.5 Å². The van der Waals surface area contributed by atoms with Gasteiger partial charge in [0.2, 0.25) is 0 Å². The number of hydrogen-bond acceptors (Lipinski definition) is 6. The topological polar surface area (TPSA) is 94.1 Å². The van der Waals surface area contributed by atoms with Crippen LogP contribution in [0.25, 0.3) is 10.2 Å². The van der Waals surface area contributed by atoms with E-state index in [2.05, 4.69) is 4.37 Å². The van der Waals surface area contributed by atoms with Gasteiger partial charge in [0.1, 0.15) is 16.0 Å². The van der Waals surface area contributed by atoms with E-state index in [4.69, 9.17) is 10.7 Å². The number of nitrogens with two attached hydrogens (primary N) is 1. The standard InChI is InChI=1S/C27H31N5O2S/c1-4-22(31(16-8-15-28)26(33)21-13-11-18(2)12-14-21)25-29-23-19(3)30-35-24(23)27(34)32(25)17-20-9-6-5-7-10-20/h5-7,9-14,22H,4,8,15-17,28H2,1-3H3/t22-/m0/s1. The molecule has 0 unspecified atom stereocenters. The van der Waals surface area contributed by atoms with Crippen molar-refractivity contribution in [1.82, 2.24) is 18.8 Å². The molecule has 2 N–H and O–H groups in total. The highest BCUT2D eigenvalue weighted by Crippen LogP contribution is 2.28. The molecule has 0 bridgehead atoms. The summed E-state index contributed by atoms with van der Waals surface area (Å²) in [6.45, 7) is 7.18. The van der Waals surface area contributed by atoms with Crippen molar-refractivity contribution in [1.29, 1.82) is 0 Å². The SMILES string of the molecule is CC[C@@H](c1nc2c(C)nsc2c(=O)n1Cc1ccccc1)N(CCCN)C(=O)c1ccc(C)cc1. The Kier molecular flexibility index (Phi) is 7.73. The third kappa shape index (κ3) is 5.18. The van der Waals surface area contributed by atoms with Crippen molar-refractivity contribution < 1.29 is 4.79 Å². The normalized spacial score (nSPS) is 12.1. The molecule has 0 aliphatic carbocycles. The molecule has 2 aromatic heterocycles. The van der Waals surface area contributed by atoms with E-state index in [0.29, 0.717) is 54.1 Å². The van der Waals surface area contributed by atoms with Crippen molar-refractivity contribution in [2.75, 3.05) is 13.1 Å². The molecule has 2 aromatic carbocycles. The van der Waals surface area contributed by atoms with Crippen LogP contribution in [-0.4, -0.2) is 37.8 Å². The molecule has 2 heterocycles. The predicted molar refractivity (Wildman–Crippen MR) is 141 cm³/mol. The molecule has 0 aliphatic rings. The molecule has 8 heteroatoms. The molecule has 0 saturated carbocycles. The van der Waals surface area contributed by atoms with Crippen LogP contribution < -0.4 is 11.3 Å². The van der Waals surface area contributed by atoms with E-state index in [1.807, 2.05) is 80.3 Å². The maximum absolute atomic E-state index is 13.7. The summed E-state index contributed by atoms with van der Waals surface area (Å²) in [5.74, 6) is 0.487. The summed E-state index contributed by atoms with van der Waals surface area (Å²) in [6, 6.07) is 17.0. The number of benzene rings is 2. The Bertz CT molecular complexity index is 1360. The zero-order valence-electron chi connectivity index (χ0n) is 20.4. The molecule has 0 radical (unpaired) electrons. The van der Waals surface area contributed by atoms with Gasteiger partial charge in [-0.25, -0.2) is 4.98 Å². The first-order valence-corrected chi connectivity index (χ1v) is 12.7. The predicted octanol–water partition coefficient (Wildman–Crippen LogP) is 4.46. The van der Waals surface area contributed by atoms with E-state index < -0.39 is 6.04 Å². The van der Waals surface area contributed by atoms with E-state index in [9.17, 15) is 9.59 Å². The lowest BCUT2D eigenvalue weighted by Gasteiger charge is -2.32. The highest BCUT2D eigenvalue weighted by Gasteiger charge is 2.29. The van der Waals surface area contributed by atoms with Gasteiger partial charge in [0.15, 0.2) is 0 Å². The lowest BCUT2D eigenvalue weighted by atomic mass is 10.1. The molecule has 0 spiro atoms. The van der Waals surface area contributed by atoms with Gasteiger partial charge in [0.25, 0.3) is 11.5 Å². The van der Waals surface area contributed by atoms with Crippen LogP contribution in [0, 0.1) is 13.8 Å². The molecule has 0 fully saturated rings. The van der Waals surface area contributed by atoms with Gasteiger partial charge < -0.3 is 10.6 Å². The fourth-order valence-corrected chi connectivity index (χ4v) is 5.06. The Morgan fingerprint density at radius 2 is 1.83 bits per heavy atom. The monoisotopic (exact) mass is 489 g/mol. The lowest BCUT2D eigenvalue weighted by Crippen LogP contribution is -2.40. The van der Waals surface area contributed by atoms with Crippen LogP contribution in [0.4, 0.5) is 0 Å². The third-order valence-electron chi connectivity index (χ3n) is 6.18. The number of hydrogen-bond donors (Lipinski definition) is 1. The number of nitrogens with zero attached hydrogens (tertiary/aromatic N) is 4. The van der Waals surface area contributed by atoms with Gasteiger partial charge in [-0.05, 0) is 62.5 Å². The van der Waals surface area contributed by atoms with Crippen LogP contribution in [0.1, 0.15) is 58.8 Å². The first-order chi connectivity index (χ1) is 16.9. The Morgan fingerprint density at radius 3 is 2.49 bits per heavy atom. The summed E-state index contributed by atoms with van der Waals surface area (Å²) >= 11 is 1.18. The van der Waals surface area contributed by atoms with E-state index in [1.54, 1.807) is 4.57 Å². The van der Waals surface area contributed by atoms with Crippen molar-refractivity contribution in [2.45, 2.75) is 46.2 Å². The smallest absolute Gasteiger partial charge is 0.273 e. The van der Waals surface area contributed by atoms with Crippen LogP contribution in [-0.2, 0) is 6.54 Å². The summed E-state index contributed by atoms with van der Waals surface area (Å²) in [5.41, 5.74) is 9.74.